The number of benzene rings is 1. The minimum atomic E-state index is -0.177. The number of thiazole rings is 1. The van der Waals surface area contributed by atoms with Crippen molar-refractivity contribution in [2.24, 2.45) is 0 Å². The molecule has 108 valence electrons. The highest BCUT2D eigenvalue weighted by atomic mass is 32.1. The Labute approximate surface area is 129 Å². The van der Waals surface area contributed by atoms with Gasteiger partial charge in [-0.3, -0.25) is 4.79 Å². The van der Waals surface area contributed by atoms with Gasteiger partial charge in [-0.25, -0.2) is 0 Å². The van der Waals surface area contributed by atoms with E-state index in [1.807, 2.05) is 49.4 Å². The number of hydrogen-bond donors (Lipinski definition) is 0. The fraction of sp³-hybridized carbons (Fsp3) is 0.0625. The third kappa shape index (κ3) is 2.14. The van der Waals surface area contributed by atoms with E-state index >= 15 is 0 Å². The summed E-state index contributed by atoms with van der Waals surface area (Å²) in [6, 6.07) is 13.3. The zero-order valence-electron chi connectivity index (χ0n) is 11.7. The number of furan rings is 1. The lowest BCUT2D eigenvalue weighted by atomic mass is 10.2. The summed E-state index contributed by atoms with van der Waals surface area (Å²) in [5.74, 6) is 2.02. The van der Waals surface area contributed by atoms with Crippen molar-refractivity contribution in [3.05, 3.63) is 68.9 Å². The number of hydrogen-bond acceptors (Lipinski definition) is 5. The van der Waals surface area contributed by atoms with Crippen molar-refractivity contribution in [1.29, 1.82) is 0 Å². The molecule has 0 bridgehead atoms. The fourth-order valence-corrected chi connectivity index (χ4v) is 3.09. The van der Waals surface area contributed by atoms with Gasteiger partial charge in [0, 0.05) is 11.6 Å². The molecule has 4 rings (SSSR count). The van der Waals surface area contributed by atoms with Crippen molar-refractivity contribution < 1.29 is 4.42 Å². The molecule has 0 aliphatic carbocycles. The Bertz CT molecular complexity index is 1060. The Kier molecular flexibility index (Phi) is 2.90. The van der Waals surface area contributed by atoms with Crippen LogP contribution in [0.4, 0.5) is 0 Å². The van der Waals surface area contributed by atoms with Crippen molar-refractivity contribution in [3.8, 4) is 11.4 Å². The molecule has 1 aromatic carbocycles. The number of rotatable bonds is 2. The normalized spacial score (nSPS) is 12.3. The van der Waals surface area contributed by atoms with Gasteiger partial charge in [-0.2, -0.15) is 9.50 Å². The standard InChI is InChI=1S/C16H11N3O2S/c1-10-7-8-12(21-10)9-13-15(20)19-16(22-13)17-14(18-19)11-5-3-2-4-6-11/h2-9H,1H3/b13-9+. The van der Waals surface area contributed by atoms with Crippen molar-refractivity contribution in [2.45, 2.75) is 6.92 Å². The monoisotopic (exact) mass is 309 g/mol. The van der Waals surface area contributed by atoms with Crippen LogP contribution in [0.1, 0.15) is 11.5 Å². The third-order valence-electron chi connectivity index (χ3n) is 3.25. The van der Waals surface area contributed by atoms with Gasteiger partial charge in [0.25, 0.3) is 5.56 Å². The molecule has 22 heavy (non-hydrogen) atoms. The first-order valence-electron chi connectivity index (χ1n) is 6.74. The summed E-state index contributed by atoms with van der Waals surface area (Å²) in [7, 11) is 0. The number of nitrogens with zero attached hydrogens (tertiary/aromatic N) is 3. The van der Waals surface area contributed by atoms with Crippen molar-refractivity contribution in [1.82, 2.24) is 14.6 Å². The molecule has 3 aromatic heterocycles. The molecular weight excluding hydrogens is 298 g/mol. The Hall–Kier alpha value is -2.73. The largest absolute Gasteiger partial charge is 0.462 e. The van der Waals surface area contributed by atoms with E-state index in [2.05, 4.69) is 10.1 Å². The molecule has 0 spiro atoms. The summed E-state index contributed by atoms with van der Waals surface area (Å²) in [4.78, 5) is 17.4. The van der Waals surface area contributed by atoms with Crippen LogP contribution in [0.3, 0.4) is 0 Å². The Morgan fingerprint density at radius 1 is 1.18 bits per heavy atom. The molecule has 0 aliphatic rings. The molecule has 0 amide bonds. The number of aryl methyl sites for hydroxylation is 1. The maximum atomic E-state index is 12.4. The molecule has 0 unspecified atom stereocenters. The number of aromatic nitrogens is 3. The summed E-state index contributed by atoms with van der Waals surface area (Å²) in [6.07, 6.45) is 1.72. The van der Waals surface area contributed by atoms with E-state index in [-0.39, 0.29) is 5.56 Å². The second kappa shape index (κ2) is 4.92. The molecule has 4 aromatic rings. The first kappa shape index (κ1) is 13.0. The highest BCUT2D eigenvalue weighted by molar-refractivity contribution is 7.15. The molecule has 0 aliphatic heterocycles. The Morgan fingerprint density at radius 2 is 2.00 bits per heavy atom. The first-order chi connectivity index (χ1) is 10.7. The van der Waals surface area contributed by atoms with Gasteiger partial charge in [0.2, 0.25) is 4.96 Å². The lowest BCUT2D eigenvalue weighted by Crippen LogP contribution is -2.23. The van der Waals surface area contributed by atoms with Gasteiger partial charge in [0.05, 0.1) is 0 Å². The topological polar surface area (TPSA) is 60.4 Å². The van der Waals surface area contributed by atoms with Gasteiger partial charge in [-0.05, 0) is 19.1 Å². The minimum absolute atomic E-state index is 0.177. The second-order valence-corrected chi connectivity index (χ2v) is 5.87. The van der Waals surface area contributed by atoms with E-state index in [0.717, 1.165) is 11.3 Å². The van der Waals surface area contributed by atoms with E-state index in [9.17, 15) is 4.79 Å². The summed E-state index contributed by atoms with van der Waals surface area (Å²) < 4.78 is 7.37. The average molecular weight is 309 g/mol. The van der Waals surface area contributed by atoms with E-state index in [4.69, 9.17) is 4.42 Å². The van der Waals surface area contributed by atoms with Gasteiger partial charge < -0.3 is 4.42 Å². The van der Waals surface area contributed by atoms with Crippen LogP contribution in [0.25, 0.3) is 22.4 Å². The minimum Gasteiger partial charge on any atom is -0.462 e. The highest BCUT2D eigenvalue weighted by Gasteiger charge is 2.11. The van der Waals surface area contributed by atoms with E-state index in [1.165, 1.54) is 15.9 Å². The lowest BCUT2D eigenvalue weighted by molar-refractivity contribution is 0.525. The summed E-state index contributed by atoms with van der Waals surface area (Å²) in [6.45, 7) is 1.87. The molecule has 0 N–H and O–H groups in total. The van der Waals surface area contributed by atoms with E-state index in [0.29, 0.717) is 21.1 Å². The van der Waals surface area contributed by atoms with Crippen molar-refractivity contribution in [2.75, 3.05) is 0 Å². The Morgan fingerprint density at radius 3 is 2.68 bits per heavy atom. The summed E-state index contributed by atoms with van der Waals surface area (Å²) in [5.41, 5.74) is 0.716. The molecule has 6 heteroatoms. The molecule has 3 heterocycles. The predicted octanol–water partition coefficient (Wildman–Crippen LogP) is 2.27. The fourth-order valence-electron chi connectivity index (χ4n) is 2.20. The maximum Gasteiger partial charge on any atom is 0.291 e. The molecular formula is C16H11N3O2S. The molecule has 0 fully saturated rings. The molecule has 0 atom stereocenters. The SMILES string of the molecule is Cc1ccc(/C=c2/sc3nc(-c4ccccc4)nn3c2=O)o1. The van der Waals surface area contributed by atoms with Gasteiger partial charge in [-0.15, -0.1) is 5.10 Å². The maximum absolute atomic E-state index is 12.4. The smallest absolute Gasteiger partial charge is 0.291 e. The van der Waals surface area contributed by atoms with E-state index < -0.39 is 0 Å². The van der Waals surface area contributed by atoms with Gasteiger partial charge in [0.1, 0.15) is 16.1 Å². The summed E-state index contributed by atoms with van der Waals surface area (Å²) in [5, 5.41) is 4.30. The van der Waals surface area contributed by atoms with Crippen LogP contribution in [0.2, 0.25) is 0 Å². The van der Waals surface area contributed by atoms with Crippen LogP contribution >= 0.6 is 11.3 Å². The molecule has 5 nitrogen and oxygen atoms in total. The zero-order valence-corrected chi connectivity index (χ0v) is 12.5. The first-order valence-corrected chi connectivity index (χ1v) is 7.55. The Balaban J connectivity index is 1.85. The van der Waals surface area contributed by atoms with Crippen LogP contribution in [0, 0.1) is 6.92 Å². The molecule has 0 saturated heterocycles. The summed E-state index contributed by atoms with van der Waals surface area (Å²) >= 11 is 1.30. The van der Waals surface area contributed by atoms with Gasteiger partial charge in [-0.1, -0.05) is 41.7 Å². The van der Waals surface area contributed by atoms with Crippen molar-refractivity contribution in [3.63, 3.8) is 0 Å². The molecule has 0 radical (unpaired) electrons. The quantitative estimate of drug-likeness (QED) is 0.570. The number of fused-ring (bicyclic) bond motifs is 1. The van der Waals surface area contributed by atoms with Crippen LogP contribution in [-0.4, -0.2) is 14.6 Å². The average Bonchev–Trinajstić information content (AvgIpc) is 3.19. The predicted molar refractivity (Wildman–Crippen MR) is 84.8 cm³/mol. The van der Waals surface area contributed by atoms with Crippen LogP contribution in [-0.2, 0) is 0 Å². The van der Waals surface area contributed by atoms with Crippen LogP contribution in [0.5, 0.6) is 0 Å². The van der Waals surface area contributed by atoms with Gasteiger partial charge in [0.15, 0.2) is 5.82 Å². The van der Waals surface area contributed by atoms with Crippen molar-refractivity contribution >= 4 is 22.4 Å². The zero-order chi connectivity index (χ0) is 15.1. The molecule has 0 saturated carbocycles. The van der Waals surface area contributed by atoms with Crippen LogP contribution in [0.15, 0.2) is 51.7 Å². The van der Waals surface area contributed by atoms with Crippen LogP contribution < -0.4 is 10.1 Å². The third-order valence-corrected chi connectivity index (χ3v) is 4.21. The second-order valence-electron chi connectivity index (χ2n) is 4.86. The van der Waals surface area contributed by atoms with Gasteiger partial charge >= 0.3 is 0 Å². The highest BCUT2D eigenvalue weighted by Crippen LogP contribution is 2.15. The van der Waals surface area contributed by atoms with E-state index in [1.54, 1.807) is 6.08 Å². The lowest BCUT2D eigenvalue weighted by Gasteiger charge is -1.91.